The number of pyridine rings is 2. The molecule has 0 spiro atoms. The summed E-state index contributed by atoms with van der Waals surface area (Å²) >= 11 is 0. The molecule has 0 bridgehead atoms. The largest absolute Gasteiger partial charge is 0.377 e. The molecule has 0 amide bonds. The number of aromatic nitrogens is 2. The average molecular weight is 364 g/mol. The van der Waals surface area contributed by atoms with Crippen molar-refractivity contribution < 1.29 is 12.6 Å². The summed E-state index contributed by atoms with van der Waals surface area (Å²) in [6.45, 7) is 3.74. The Morgan fingerprint density at radius 3 is 2.58 bits per heavy atom. The topological polar surface area (TPSA) is 69.2 Å². The number of rotatable bonds is 3. The van der Waals surface area contributed by atoms with Gasteiger partial charge in [0.1, 0.15) is 10.4 Å². The molecule has 0 atom stereocenters. The van der Waals surface area contributed by atoms with Gasteiger partial charge in [0, 0.05) is 22.7 Å². The fraction of sp³-hybridized carbons (Fsp3) is 0.100. The summed E-state index contributed by atoms with van der Waals surface area (Å²) in [5.74, 6) is 0.212. The molecule has 0 aliphatic heterocycles. The SMILES string of the molecule is Cc1ccc2cccc(OS(=O)(=O)c3ccc(C)c4ncccc34)c2n1. The highest BCUT2D eigenvalue weighted by molar-refractivity contribution is 7.87. The molecule has 2 heterocycles. The maximum atomic E-state index is 13.0. The van der Waals surface area contributed by atoms with Gasteiger partial charge >= 0.3 is 10.1 Å². The van der Waals surface area contributed by atoms with Crippen LogP contribution in [0.2, 0.25) is 0 Å². The lowest BCUT2D eigenvalue weighted by Gasteiger charge is -2.12. The molecular weight excluding hydrogens is 348 g/mol. The molecule has 0 aliphatic carbocycles. The Morgan fingerprint density at radius 2 is 1.73 bits per heavy atom. The first kappa shape index (κ1) is 16.5. The van der Waals surface area contributed by atoms with Gasteiger partial charge in [-0.25, -0.2) is 4.98 Å². The summed E-state index contributed by atoms with van der Waals surface area (Å²) in [4.78, 5) is 8.81. The van der Waals surface area contributed by atoms with Gasteiger partial charge in [-0.3, -0.25) is 4.98 Å². The molecule has 5 nitrogen and oxygen atoms in total. The number of nitrogens with zero attached hydrogens (tertiary/aromatic N) is 2. The van der Waals surface area contributed by atoms with E-state index >= 15 is 0 Å². The van der Waals surface area contributed by atoms with Gasteiger partial charge in [-0.05, 0) is 49.7 Å². The van der Waals surface area contributed by atoms with E-state index in [1.54, 1.807) is 42.6 Å². The molecule has 2 aromatic carbocycles. The number of hydrogen-bond donors (Lipinski definition) is 0. The van der Waals surface area contributed by atoms with Crippen molar-refractivity contribution in [1.29, 1.82) is 0 Å². The normalized spacial score (nSPS) is 11.8. The summed E-state index contributed by atoms with van der Waals surface area (Å²) in [6.07, 6.45) is 1.64. The molecule has 4 aromatic rings. The maximum Gasteiger partial charge on any atom is 0.339 e. The zero-order chi connectivity index (χ0) is 18.3. The van der Waals surface area contributed by atoms with Gasteiger partial charge in [0.15, 0.2) is 5.75 Å². The molecule has 0 saturated carbocycles. The van der Waals surface area contributed by atoms with Crippen LogP contribution in [0.15, 0.2) is 65.7 Å². The van der Waals surface area contributed by atoms with Crippen molar-refractivity contribution >= 4 is 31.9 Å². The number of fused-ring (bicyclic) bond motifs is 2. The highest BCUT2D eigenvalue weighted by Gasteiger charge is 2.22. The molecule has 2 aromatic heterocycles. The monoisotopic (exact) mass is 364 g/mol. The van der Waals surface area contributed by atoms with Crippen molar-refractivity contribution in [2.24, 2.45) is 0 Å². The molecule has 130 valence electrons. The lowest BCUT2D eigenvalue weighted by atomic mass is 10.1. The predicted octanol–water partition coefficient (Wildman–Crippen LogP) is 4.17. The second-order valence-electron chi connectivity index (χ2n) is 6.10. The molecule has 0 saturated heterocycles. The predicted molar refractivity (Wildman–Crippen MR) is 101 cm³/mol. The van der Waals surface area contributed by atoms with Crippen LogP contribution in [0.4, 0.5) is 0 Å². The lowest BCUT2D eigenvalue weighted by molar-refractivity contribution is 0.489. The molecule has 4 rings (SSSR count). The molecule has 0 unspecified atom stereocenters. The van der Waals surface area contributed by atoms with Crippen LogP contribution in [0, 0.1) is 13.8 Å². The van der Waals surface area contributed by atoms with E-state index in [0.717, 1.165) is 16.6 Å². The standard InChI is InChI=1S/C20H16N2O3S/c1-13-8-11-18(16-6-4-12-21-19(13)16)26(23,24)25-17-7-3-5-15-10-9-14(2)22-20(15)17/h3-12H,1-2H3. The molecular formula is C20H16N2O3S. The van der Waals surface area contributed by atoms with Crippen molar-refractivity contribution in [3.8, 4) is 5.75 Å². The van der Waals surface area contributed by atoms with Crippen LogP contribution in [0.3, 0.4) is 0 Å². The number of benzene rings is 2. The van der Waals surface area contributed by atoms with Gasteiger partial charge in [0.2, 0.25) is 0 Å². The average Bonchev–Trinajstić information content (AvgIpc) is 2.62. The minimum atomic E-state index is -4.04. The van der Waals surface area contributed by atoms with Crippen LogP contribution in [0.25, 0.3) is 21.8 Å². The van der Waals surface area contributed by atoms with Crippen LogP contribution in [0.1, 0.15) is 11.3 Å². The smallest absolute Gasteiger partial charge is 0.339 e. The van der Waals surface area contributed by atoms with Crippen molar-refractivity contribution in [3.63, 3.8) is 0 Å². The van der Waals surface area contributed by atoms with Crippen molar-refractivity contribution in [2.75, 3.05) is 0 Å². The summed E-state index contributed by atoms with van der Waals surface area (Å²) in [7, 11) is -4.04. The van der Waals surface area contributed by atoms with Gasteiger partial charge < -0.3 is 4.18 Å². The van der Waals surface area contributed by atoms with E-state index in [9.17, 15) is 8.42 Å². The number of para-hydroxylation sites is 1. The zero-order valence-corrected chi connectivity index (χ0v) is 15.1. The zero-order valence-electron chi connectivity index (χ0n) is 14.3. The highest BCUT2D eigenvalue weighted by atomic mass is 32.2. The minimum Gasteiger partial charge on any atom is -0.377 e. The van der Waals surface area contributed by atoms with E-state index in [1.807, 2.05) is 32.0 Å². The third kappa shape index (κ3) is 2.78. The van der Waals surface area contributed by atoms with E-state index in [2.05, 4.69) is 9.97 Å². The summed E-state index contributed by atoms with van der Waals surface area (Å²) < 4.78 is 31.4. The molecule has 6 heteroatoms. The van der Waals surface area contributed by atoms with E-state index in [-0.39, 0.29) is 10.6 Å². The first-order chi connectivity index (χ1) is 12.5. The van der Waals surface area contributed by atoms with Crippen LogP contribution >= 0.6 is 0 Å². The van der Waals surface area contributed by atoms with Gasteiger partial charge in [0.05, 0.1) is 5.52 Å². The lowest BCUT2D eigenvalue weighted by Crippen LogP contribution is -2.11. The van der Waals surface area contributed by atoms with Gasteiger partial charge in [-0.15, -0.1) is 0 Å². The first-order valence-electron chi connectivity index (χ1n) is 8.11. The molecule has 0 N–H and O–H groups in total. The second kappa shape index (κ2) is 6.07. The number of hydrogen-bond acceptors (Lipinski definition) is 5. The third-order valence-electron chi connectivity index (χ3n) is 4.22. The van der Waals surface area contributed by atoms with E-state index in [1.165, 1.54) is 0 Å². The first-order valence-corrected chi connectivity index (χ1v) is 9.52. The quantitative estimate of drug-likeness (QED) is 0.510. The van der Waals surface area contributed by atoms with E-state index < -0.39 is 10.1 Å². The van der Waals surface area contributed by atoms with Crippen LogP contribution in [-0.2, 0) is 10.1 Å². The number of aryl methyl sites for hydroxylation is 2. The fourth-order valence-corrected chi connectivity index (χ4v) is 4.08. The Morgan fingerprint density at radius 1 is 0.885 bits per heavy atom. The van der Waals surface area contributed by atoms with Crippen molar-refractivity contribution in [3.05, 3.63) is 72.1 Å². The second-order valence-corrected chi connectivity index (χ2v) is 7.61. The fourth-order valence-electron chi connectivity index (χ4n) is 2.95. The molecule has 0 aliphatic rings. The molecule has 0 fully saturated rings. The maximum absolute atomic E-state index is 13.0. The highest BCUT2D eigenvalue weighted by Crippen LogP contribution is 2.30. The Labute approximate surface area is 151 Å². The van der Waals surface area contributed by atoms with Crippen molar-refractivity contribution in [1.82, 2.24) is 9.97 Å². The molecule has 0 radical (unpaired) electrons. The van der Waals surface area contributed by atoms with Gasteiger partial charge in [-0.1, -0.05) is 24.3 Å². The van der Waals surface area contributed by atoms with Crippen LogP contribution < -0.4 is 4.18 Å². The van der Waals surface area contributed by atoms with Crippen LogP contribution in [-0.4, -0.2) is 18.4 Å². The Bertz CT molecular complexity index is 1250. The van der Waals surface area contributed by atoms with Crippen LogP contribution in [0.5, 0.6) is 5.75 Å². The Hall–Kier alpha value is -2.99. The van der Waals surface area contributed by atoms with E-state index in [4.69, 9.17) is 4.18 Å². The van der Waals surface area contributed by atoms with Crippen molar-refractivity contribution in [2.45, 2.75) is 18.7 Å². The third-order valence-corrected chi connectivity index (χ3v) is 5.52. The summed E-state index contributed by atoms with van der Waals surface area (Å²) in [5, 5.41) is 1.36. The van der Waals surface area contributed by atoms with Gasteiger partial charge in [-0.2, -0.15) is 8.42 Å². The van der Waals surface area contributed by atoms with E-state index in [0.29, 0.717) is 16.4 Å². The summed E-state index contributed by atoms with van der Waals surface area (Å²) in [6, 6.07) is 15.7. The van der Waals surface area contributed by atoms with Gasteiger partial charge in [0.25, 0.3) is 0 Å². The molecule has 26 heavy (non-hydrogen) atoms. The Balaban J connectivity index is 1.87. The minimum absolute atomic E-state index is 0.0934. The Kier molecular flexibility index (Phi) is 3.85. The summed E-state index contributed by atoms with van der Waals surface area (Å²) in [5.41, 5.74) is 2.85.